The molecule has 0 spiro atoms. The predicted octanol–water partition coefficient (Wildman–Crippen LogP) is 4.59. The lowest BCUT2D eigenvalue weighted by Gasteiger charge is -2.14. The van der Waals surface area contributed by atoms with E-state index in [2.05, 4.69) is 37.4 Å². The van der Waals surface area contributed by atoms with Gasteiger partial charge in [0.15, 0.2) is 0 Å². The molecular formula is C13H18S. The topological polar surface area (TPSA) is 0 Å². The van der Waals surface area contributed by atoms with E-state index in [9.17, 15) is 0 Å². The molecule has 0 aliphatic heterocycles. The average Bonchev–Trinajstić information content (AvgIpc) is 2.85. The summed E-state index contributed by atoms with van der Waals surface area (Å²) >= 11 is 1.88. The fourth-order valence-electron chi connectivity index (χ4n) is 2.44. The van der Waals surface area contributed by atoms with Crippen molar-refractivity contribution >= 4 is 16.9 Å². The van der Waals surface area contributed by atoms with E-state index >= 15 is 0 Å². The molecule has 1 aliphatic carbocycles. The van der Waals surface area contributed by atoms with Crippen LogP contribution in [0, 0.1) is 11.8 Å². The Labute approximate surface area is 90.7 Å². The van der Waals surface area contributed by atoms with Crippen LogP contribution in [0.4, 0.5) is 0 Å². The Hall–Kier alpha value is -0.560. The third-order valence-corrected chi connectivity index (χ3v) is 4.28. The zero-order valence-corrected chi connectivity index (χ0v) is 9.81. The van der Waals surface area contributed by atoms with Gasteiger partial charge < -0.3 is 0 Å². The van der Waals surface area contributed by atoms with E-state index < -0.39 is 0 Å². The van der Waals surface area contributed by atoms with Crippen LogP contribution in [0.15, 0.2) is 23.6 Å². The molecule has 2 rings (SSSR count). The van der Waals surface area contributed by atoms with Gasteiger partial charge in [-0.3, -0.25) is 0 Å². The van der Waals surface area contributed by atoms with E-state index in [1.807, 2.05) is 11.3 Å². The second-order valence-electron chi connectivity index (χ2n) is 4.11. The summed E-state index contributed by atoms with van der Waals surface area (Å²) in [5.41, 5.74) is 1.60. The van der Waals surface area contributed by atoms with Crippen LogP contribution >= 0.6 is 11.3 Å². The molecule has 2 atom stereocenters. The second kappa shape index (κ2) is 4.31. The Morgan fingerprint density at radius 2 is 2.21 bits per heavy atom. The summed E-state index contributed by atoms with van der Waals surface area (Å²) in [6.07, 6.45) is 6.44. The number of hydrogen-bond donors (Lipinski definition) is 0. The number of thiophene rings is 1. The van der Waals surface area contributed by atoms with Crippen molar-refractivity contribution in [1.29, 1.82) is 0 Å². The Kier molecular flexibility index (Phi) is 3.07. The molecule has 0 saturated heterocycles. The molecule has 1 heteroatoms. The lowest BCUT2D eigenvalue weighted by molar-refractivity contribution is 0.403. The van der Waals surface area contributed by atoms with Crippen LogP contribution in [-0.4, -0.2) is 0 Å². The summed E-state index contributed by atoms with van der Waals surface area (Å²) in [4.78, 5) is 1.49. The molecule has 0 saturated carbocycles. The molecule has 14 heavy (non-hydrogen) atoms. The van der Waals surface area contributed by atoms with Crippen LogP contribution in [0.2, 0.25) is 0 Å². The Morgan fingerprint density at radius 3 is 2.71 bits per heavy atom. The first-order valence-corrected chi connectivity index (χ1v) is 6.47. The summed E-state index contributed by atoms with van der Waals surface area (Å²) < 4.78 is 0. The molecule has 2 unspecified atom stereocenters. The molecule has 0 N–H and O–H groups in total. The van der Waals surface area contributed by atoms with Crippen molar-refractivity contribution in [2.75, 3.05) is 0 Å². The third kappa shape index (κ3) is 1.78. The van der Waals surface area contributed by atoms with Crippen molar-refractivity contribution in [3.8, 4) is 0 Å². The van der Waals surface area contributed by atoms with E-state index in [4.69, 9.17) is 0 Å². The van der Waals surface area contributed by atoms with Gasteiger partial charge in [-0.2, -0.15) is 0 Å². The van der Waals surface area contributed by atoms with E-state index in [-0.39, 0.29) is 0 Å². The summed E-state index contributed by atoms with van der Waals surface area (Å²) in [7, 11) is 0. The van der Waals surface area contributed by atoms with Crippen LogP contribution in [0.1, 0.15) is 38.0 Å². The highest BCUT2D eigenvalue weighted by Crippen LogP contribution is 2.40. The van der Waals surface area contributed by atoms with Crippen LogP contribution in [0.25, 0.3) is 5.57 Å². The number of rotatable bonds is 3. The van der Waals surface area contributed by atoms with Gasteiger partial charge >= 0.3 is 0 Å². The zero-order chi connectivity index (χ0) is 9.97. The second-order valence-corrected chi connectivity index (χ2v) is 5.06. The largest absolute Gasteiger partial charge is 0.144 e. The van der Waals surface area contributed by atoms with Gasteiger partial charge in [0.2, 0.25) is 0 Å². The van der Waals surface area contributed by atoms with Gasteiger partial charge in [0.1, 0.15) is 0 Å². The smallest absolute Gasteiger partial charge is 0.0299 e. The van der Waals surface area contributed by atoms with Gasteiger partial charge in [0.05, 0.1) is 0 Å². The normalized spacial score (nSPS) is 26.6. The molecule has 0 bridgehead atoms. The highest BCUT2D eigenvalue weighted by molar-refractivity contribution is 7.11. The first-order valence-electron chi connectivity index (χ1n) is 5.59. The van der Waals surface area contributed by atoms with Gasteiger partial charge in [-0.15, -0.1) is 11.3 Å². The van der Waals surface area contributed by atoms with Crippen molar-refractivity contribution in [2.24, 2.45) is 11.8 Å². The zero-order valence-electron chi connectivity index (χ0n) is 8.99. The van der Waals surface area contributed by atoms with Gasteiger partial charge in [-0.05, 0) is 41.7 Å². The fraction of sp³-hybridized carbons (Fsp3) is 0.538. The van der Waals surface area contributed by atoms with Gasteiger partial charge in [0.25, 0.3) is 0 Å². The SMILES string of the molecule is CCC1C=C(c2cccs2)CC1CC. The average molecular weight is 206 g/mol. The molecule has 0 fully saturated rings. The Morgan fingerprint density at radius 1 is 1.36 bits per heavy atom. The lowest BCUT2D eigenvalue weighted by atomic mass is 9.91. The molecule has 0 radical (unpaired) electrons. The molecule has 1 heterocycles. The minimum atomic E-state index is 0.831. The number of hydrogen-bond acceptors (Lipinski definition) is 1. The summed E-state index contributed by atoms with van der Waals surface area (Å²) in [5.74, 6) is 1.73. The summed E-state index contributed by atoms with van der Waals surface area (Å²) in [5, 5.41) is 2.18. The van der Waals surface area contributed by atoms with Crippen LogP contribution in [-0.2, 0) is 0 Å². The third-order valence-electron chi connectivity index (χ3n) is 3.34. The predicted molar refractivity (Wildman–Crippen MR) is 64.5 cm³/mol. The van der Waals surface area contributed by atoms with Crippen molar-refractivity contribution in [3.05, 3.63) is 28.5 Å². The summed E-state index contributed by atoms with van der Waals surface area (Å²) in [6, 6.07) is 4.41. The van der Waals surface area contributed by atoms with Crippen molar-refractivity contribution in [3.63, 3.8) is 0 Å². The Bertz CT molecular complexity index is 308. The Balaban J connectivity index is 2.16. The highest BCUT2D eigenvalue weighted by atomic mass is 32.1. The van der Waals surface area contributed by atoms with Crippen molar-refractivity contribution < 1.29 is 0 Å². The van der Waals surface area contributed by atoms with Gasteiger partial charge in [0, 0.05) is 4.88 Å². The van der Waals surface area contributed by atoms with E-state index in [1.54, 1.807) is 5.57 Å². The lowest BCUT2D eigenvalue weighted by Crippen LogP contribution is -2.04. The molecule has 1 aliphatic rings. The fourth-order valence-corrected chi connectivity index (χ4v) is 3.20. The minimum Gasteiger partial charge on any atom is -0.144 e. The first kappa shape index (κ1) is 9.97. The molecular weight excluding hydrogens is 188 g/mol. The first-order chi connectivity index (χ1) is 6.85. The number of allylic oxidation sites excluding steroid dienone is 2. The maximum Gasteiger partial charge on any atom is 0.0299 e. The molecule has 0 amide bonds. The van der Waals surface area contributed by atoms with Gasteiger partial charge in [-0.1, -0.05) is 32.4 Å². The highest BCUT2D eigenvalue weighted by Gasteiger charge is 2.25. The maximum atomic E-state index is 2.51. The monoisotopic (exact) mass is 206 g/mol. The van der Waals surface area contributed by atoms with Crippen LogP contribution < -0.4 is 0 Å². The quantitative estimate of drug-likeness (QED) is 0.678. The maximum absolute atomic E-state index is 2.51. The van der Waals surface area contributed by atoms with Crippen LogP contribution in [0.3, 0.4) is 0 Å². The van der Waals surface area contributed by atoms with E-state index in [1.165, 1.54) is 24.1 Å². The molecule has 0 aromatic carbocycles. The van der Waals surface area contributed by atoms with Gasteiger partial charge in [-0.25, -0.2) is 0 Å². The molecule has 1 aromatic heterocycles. The van der Waals surface area contributed by atoms with Crippen molar-refractivity contribution in [2.45, 2.75) is 33.1 Å². The molecule has 76 valence electrons. The van der Waals surface area contributed by atoms with E-state index in [0.29, 0.717) is 0 Å². The standard InChI is InChI=1S/C13H18S/c1-3-10-8-12(9-11(10)4-2)13-6-5-7-14-13/h5-8,10-11H,3-4,9H2,1-2H3. The van der Waals surface area contributed by atoms with Crippen LogP contribution in [0.5, 0.6) is 0 Å². The van der Waals surface area contributed by atoms with Crippen molar-refractivity contribution in [1.82, 2.24) is 0 Å². The molecule has 0 nitrogen and oxygen atoms in total. The molecule has 1 aromatic rings. The minimum absolute atomic E-state index is 0.831. The summed E-state index contributed by atoms with van der Waals surface area (Å²) in [6.45, 7) is 4.62. The van der Waals surface area contributed by atoms with E-state index in [0.717, 1.165) is 11.8 Å².